The fourth-order valence-corrected chi connectivity index (χ4v) is 2.82. The van der Waals surface area contributed by atoms with Crippen LogP contribution in [0.3, 0.4) is 0 Å². The number of fused-ring (bicyclic) bond motifs is 1. The maximum atomic E-state index is 12.8. The van der Waals surface area contributed by atoms with Gasteiger partial charge in [0.2, 0.25) is 11.6 Å². The highest BCUT2D eigenvalue weighted by atomic mass is 16.6. The number of nitrogens with zero attached hydrogens (tertiary/aromatic N) is 3. The number of carbonyl (C=O) groups excluding carboxylic acids is 2. The molecule has 2 aromatic rings. The fourth-order valence-electron chi connectivity index (χ4n) is 2.82. The van der Waals surface area contributed by atoms with E-state index in [-0.39, 0.29) is 29.6 Å². The zero-order chi connectivity index (χ0) is 17.6. The van der Waals surface area contributed by atoms with Crippen molar-refractivity contribution < 1.29 is 19.6 Å². The van der Waals surface area contributed by atoms with Crippen molar-refractivity contribution >= 4 is 28.4 Å². The Hall–Kier alpha value is -3.14. The number of nitro benzene ring substituents is 1. The Morgan fingerprint density at radius 3 is 2.71 bits per heavy atom. The molecule has 0 saturated carbocycles. The van der Waals surface area contributed by atoms with E-state index in [0.717, 1.165) is 6.07 Å². The summed E-state index contributed by atoms with van der Waals surface area (Å²) < 4.78 is 0.699. The van der Waals surface area contributed by atoms with Crippen molar-refractivity contribution in [2.45, 2.75) is 25.5 Å². The number of nitro groups is 1. The summed E-state index contributed by atoms with van der Waals surface area (Å²) in [6.45, 7) is 1.39. The van der Waals surface area contributed by atoms with Crippen molar-refractivity contribution in [3.05, 3.63) is 44.5 Å². The lowest BCUT2D eigenvalue weighted by molar-refractivity contribution is -0.383. The van der Waals surface area contributed by atoms with Crippen LogP contribution in [0.2, 0.25) is 0 Å². The van der Waals surface area contributed by atoms with Crippen LogP contribution in [0.15, 0.2) is 23.0 Å². The fraction of sp³-hybridized carbons (Fsp3) is 0.286. The molecule has 0 radical (unpaired) electrons. The van der Waals surface area contributed by atoms with Gasteiger partial charge >= 0.3 is 0 Å². The lowest BCUT2D eigenvalue weighted by Crippen LogP contribution is -2.58. The molecule has 24 heavy (non-hydrogen) atoms. The van der Waals surface area contributed by atoms with Crippen molar-refractivity contribution in [3.63, 3.8) is 0 Å². The summed E-state index contributed by atoms with van der Waals surface area (Å²) >= 11 is 0. The number of hydrogen-bond donors (Lipinski definition) is 2. The SMILES string of the molecule is Cc1nc2cccc([N+](=O)[O-])c2c(=O)n1C1(O)CCC(=O)NC1=O. The molecule has 0 bridgehead atoms. The third-order valence-electron chi connectivity index (χ3n) is 3.93. The molecule has 124 valence electrons. The molecular weight excluding hydrogens is 320 g/mol. The number of aryl methyl sites for hydroxylation is 1. The molecule has 1 fully saturated rings. The summed E-state index contributed by atoms with van der Waals surface area (Å²) in [5.74, 6) is -1.64. The van der Waals surface area contributed by atoms with E-state index in [9.17, 15) is 29.6 Å². The number of rotatable bonds is 2. The minimum absolute atomic E-state index is 0.00000283. The van der Waals surface area contributed by atoms with Crippen molar-refractivity contribution in [1.82, 2.24) is 14.9 Å². The van der Waals surface area contributed by atoms with Gasteiger partial charge < -0.3 is 5.11 Å². The van der Waals surface area contributed by atoms with E-state index in [4.69, 9.17) is 0 Å². The summed E-state index contributed by atoms with van der Waals surface area (Å²) in [5, 5.41) is 23.5. The molecule has 0 aliphatic carbocycles. The highest BCUT2D eigenvalue weighted by molar-refractivity contribution is 6.01. The predicted molar refractivity (Wildman–Crippen MR) is 80.0 cm³/mol. The number of hydrogen-bond acceptors (Lipinski definition) is 7. The molecule has 1 aromatic carbocycles. The van der Waals surface area contributed by atoms with Crippen LogP contribution in [0.5, 0.6) is 0 Å². The highest BCUT2D eigenvalue weighted by Crippen LogP contribution is 2.26. The van der Waals surface area contributed by atoms with Gasteiger partial charge in [0.15, 0.2) is 0 Å². The Morgan fingerprint density at radius 2 is 2.08 bits per heavy atom. The van der Waals surface area contributed by atoms with E-state index in [1.54, 1.807) is 0 Å². The van der Waals surface area contributed by atoms with E-state index in [1.165, 1.54) is 19.1 Å². The molecule has 2 N–H and O–H groups in total. The number of non-ortho nitro benzene ring substituents is 1. The van der Waals surface area contributed by atoms with Crippen LogP contribution in [-0.2, 0) is 15.3 Å². The molecule has 1 aliphatic heterocycles. The topological polar surface area (TPSA) is 144 Å². The van der Waals surface area contributed by atoms with Crippen molar-refractivity contribution in [3.8, 4) is 0 Å². The van der Waals surface area contributed by atoms with Gasteiger partial charge in [-0.15, -0.1) is 0 Å². The Labute approximate surface area is 133 Å². The van der Waals surface area contributed by atoms with Gasteiger partial charge in [-0.3, -0.25) is 34.4 Å². The summed E-state index contributed by atoms with van der Waals surface area (Å²) in [5.41, 5.74) is -3.65. The minimum atomic E-state index is -2.33. The van der Waals surface area contributed by atoms with Crippen molar-refractivity contribution in [2.75, 3.05) is 0 Å². The Morgan fingerprint density at radius 1 is 1.38 bits per heavy atom. The molecule has 1 aromatic heterocycles. The first-order valence-electron chi connectivity index (χ1n) is 6.99. The number of carbonyl (C=O) groups is 2. The second kappa shape index (κ2) is 5.20. The number of aliphatic hydroxyl groups is 1. The average molecular weight is 332 g/mol. The Balaban J connectivity index is 2.36. The number of imide groups is 1. The normalized spacial score (nSPS) is 20.9. The third-order valence-corrected chi connectivity index (χ3v) is 3.93. The van der Waals surface area contributed by atoms with Gasteiger partial charge in [-0.25, -0.2) is 4.98 Å². The lowest BCUT2D eigenvalue weighted by Gasteiger charge is -2.32. The van der Waals surface area contributed by atoms with Crippen molar-refractivity contribution in [1.29, 1.82) is 0 Å². The van der Waals surface area contributed by atoms with Crippen LogP contribution in [0.1, 0.15) is 18.7 Å². The van der Waals surface area contributed by atoms with Crippen LogP contribution in [0.25, 0.3) is 10.9 Å². The van der Waals surface area contributed by atoms with Crippen LogP contribution in [0.4, 0.5) is 5.69 Å². The number of nitrogens with one attached hydrogen (secondary N) is 1. The van der Waals surface area contributed by atoms with Crippen LogP contribution < -0.4 is 10.9 Å². The molecule has 10 nitrogen and oxygen atoms in total. The van der Waals surface area contributed by atoms with Gasteiger partial charge in [0.05, 0.1) is 10.4 Å². The zero-order valence-corrected chi connectivity index (χ0v) is 12.5. The van der Waals surface area contributed by atoms with Gasteiger partial charge in [0, 0.05) is 18.9 Å². The highest BCUT2D eigenvalue weighted by Gasteiger charge is 2.45. The Bertz CT molecular complexity index is 966. The quantitative estimate of drug-likeness (QED) is 0.436. The lowest BCUT2D eigenvalue weighted by atomic mass is 10.0. The number of amides is 2. The first-order chi connectivity index (χ1) is 11.3. The average Bonchev–Trinajstić information content (AvgIpc) is 2.50. The van der Waals surface area contributed by atoms with E-state index in [2.05, 4.69) is 4.98 Å². The maximum Gasteiger partial charge on any atom is 0.284 e. The van der Waals surface area contributed by atoms with Crippen molar-refractivity contribution in [2.24, 2.45) is 0 Å². The van der Waals surface area contributed by atoms with E-state index < -0.39 is 33.7 Å². The van der Waals surface area contributed by atoms with E-state index >= 15 is 0 Å². The minimum Gasteiger partial charge on any atom is -0.363 e. The van der Waals surface area contributed by atoms with E-state index in [0.29, 0.717) is 4.57 Å². The van der Waals surface area contributed by atoms with Gasteiger partial charge in [-0.05, 0) is 13.0 Å². The summed E-state index contributed by atoms with van der Waals surface area (Å²) in [7, 11) is 0. The van der Waals surface area contributed by atoms with Gasteiger partial charge in [0.25, 0.3) is 17.2 Å². The molecular formula is C14H12N4O6. The second-order valence-corrected chi connectivity index (χ2v) is 5.42. The summed E-state index contributed by atoms with van der Waals surface area (Å²) in [6.07, 6.45) is -0.505. The molecule has 1 atom stereocenters. The summed E-state index contributed by atoms with van der Waals surface area (Å²) in [4.78, 5) is 50.7. The molecule has 3 rings (SSSR count). The smallest absolute Gasteiger partial charge is 0.284 e. The first kappa shape index (κ1) is 15.7. The molecule has 0 spiro atoms. The molecule has 1 unspecified atom stereocenters. The molecule has 1 aliphatic rings. The molecule has 2 heterocycles. The van der Waals surface area contributed by atoms with Crippen LogP contribution >= 0.6 is 0 Å². The Kier molecular flexibility index (Phi) is 3.41. The number of aromatic nitrogens is 2. The predicted octanol–water partition coefficient (Wildman–Crippen LogP) is -0.305. The van der Waals surface area contributed by atoms with Crippen LogP contribution in [-0.4, -0.2) is 31.4 Å². The van der Waals surface area contributed by atoms with E-state index in [1.807, 2.05) is 5.32 Å². The first-order valence-corrected chi connectivity index (χ1v) is 6.99. The van der Waals surface area contributed by atoms with Gasteiger partial charge in [-0.1, -0.05) is 6.07 Å². The monoisotopic (exact) mass is 332 g/mol. The third kappa shape index (κ3) is 2.15. The second-order valence-electron chi connectivity index (χ2n) is 5.42. The van der Waals surface area contributed by atoms with Gasteiger partial charge in [0.1, 0.15) is 11.2 Å². The number of benzene rings is 1. The zero-order valence-electron chi connectivity index (χ0n) is 12.5. The standard InChI is InChI=1S/C14H12N4O6/c1-7-15-8-3-2-4-9(18(23)24)11(8)12(20)17(7)14(22)6-5-10(19)16-13(14)21/h2-4,22H,5-6H2,1H3,(H,16,19,21). The molecule has 10 heteroatoms. The molecule has 2 amide bonds. The number of piperidine rings is 1. The van der Waals surface area contributed by atoms with Crippen LogP contribution in [0, 0.1) is 17.0 Å². The molecule has 1 saturated heterocycles. The van der Waals surface area contributed by atoms with Gasteiger partial charge in [-0.2, -0.15) is 0 Å². The summed E-state index contributed by atoms with van der Waals surface area (Å²) in [6, 6.07) is 3.95. The maximum absolute atomic E-state index is 12.8. The largest absolute Gasteiger partial charge is 0.363 e.